The SMILES string of the molecule is CCCN(CCC)C(=O)C1=Cc2c(cc(-c3ccc4c(=O)n(CCS(C)(=O)=O)c(C)cc4c3)cc2OC)N=C(N)C1. The van der Waals surface area contributed by atoms with Crippen LogP contribution in [0.2, 0.25) is 0 Å². The number of hydrogen-bond donors (Lipinski definition) is 1. The van der Waals surface area contributed by atoms with Crippen LogP contribution < -0.4 is 16.0 Å². The number of nitrogens with two attached hydrogens (primary N) is 1. The monoisotopic (exact) mass is 578 g/mol. The molecule has 0 unspecified atom stereocenters. The van der Waals surface area contributed by atoms with Crippen molar-refractivity contribution in [3.8, 4) is 16.9 Å². The molecule has 4 rings (SSSR count). The van der Waals surface area contributed by atoms with Crippen molar-refractivity contribution in [3.05, 3.63) is 63.6 Å². The second-order valence-electron chi connectivity index (χ2n) is 10.5. The van der Waals surface area contributed by atoms with E-state index in [1.54, 1.807) is 20.1 Å². The van der Waals surface area contributed by atoms with Crippen molar-refractivity contribution in [1.82, 2.24) is 9.47 Å². The minimum Gasteiger partial charge on any atom is -0.496 e. The number of methoxy groups -OCH3 is 1. The molecule has 0 bridgehead atoms. The highest BCUT2D eigenvalue weighted by atomic mass is 32.2. The number of carbonyl (C=O) groups is 1. The lowest BCUT2D eigenvalue weighted by Crippen LogP contribution is -2.34. The number of hydrogen-bond acceptors (Lipinski definition) is 7. The van der Waals surface area contributed by atoms with E-state index in [1.165, 1.54) is 4.57 Å². The van der Waals surface area contributed by atoms with Crippen LogP contribution in [0.3, 0.4) is 0 Å². The van der Waals surface area contributed by atoms with Crippen molar-refractivity contribution < 1.29 is 17.9 Å². The van der Waals surface area contributed by atoms with Gasteiger partial charge in [0.25, 0.3) is 5.56 Å². The Balaban J connectivity index is 1.78. The van der Waals surface area contributed by atoms with Crippen molar-refractivity contribution in [2.24, 2.45) is 10.7 Å². The van der Waals surface area contributed by atoms with Gasteiger partial charge in [0, 0.05) is 54.5 Å². The van der Waals surface area contributed by atoms with Crippen LogP contribution in [-0.2, 0) is 21.2 Å². The van der Waals surface area contributed by atoms with Crippen LogP contribution in [0.1, 0.15) is 44.4 Å². The fourth-order valence-electron chi connectivity index (χ4n) is 5.19. The summed E-state index contributed by atoms with van der Waals surface area (Å²) < 4.78 is 30.6. The fourth-order valence-corrected chi connectivity index (χ4v) is 5.71. The van der Waals surface area contributed by atoms with Crippen molar-refractivity contribution >= 4 is 44.1 Å². The van der Waals surface area contributed by atoms with Gasteiger partial charge in [-0.2, -0.15) is 0 Å². The van der Waals surface area contributed by atoms with E-state index >= 15 is 0 Å². The Morgan fingerprint density at radius 1 is 1.10 bits per heavy atom. The highest BCUT2D eigenvalue weighted by molar-refractivity contribution is 7.90. The first-order valence-electron chi connectivity index (χ1n) is 13.8. The number of sulfone groups is 1. The lowest BCUT2D eigenvalue weighted by molar-refractivity contribution is -0.127. The molecule has 1 amide bonds. The van der Waals surface area contributed by atoms with Crippen LogP contribution >= 0.6 is 0 Å². The van der Waals surface area contributed by atoms with Gasteiger partial charge in [0.05, 0.1) is 18.6 Å². The number of amides is 1. The Hall–Kier alpha value is -3.92. The molecule has 0 radical (unpaired) electrons. The Morgan fingerprint density at radius 2 is 1.80 bits per heavy atom. The average molecular weight is 579 g/mol. The zero-order chi connectivity index (χ0) is 29.9. The molecule has 9 nitrogen and oxygen atoms in total. The molecule has 0 atom stereocenters. The topological polar surface area (TPSA) is 124 Å². The minimum absolute atomic E-state index is 0.0436. The molecular formula is C31H38N4O5S. The summed E-state index contributed by atoms with van der Waals surface area (Å²) in [5.41, 5.74) is 10.3. The summed E-state index contributed by atoms with van der Waals surface area (Å²) in [7, 11) is -1.63. The van der Waals surface area contributed by atoms with Crippen molar-refractivity contribution in [2.45, 2.75) is 46.6 Å². The summed E-state index contributed by atoms with van der Waals surface area (Å²) in [5, 5.41) is 1.25. The molecule has 41 heavy (non-hydrogen) atoms. The van der Waals surface area contributed by atoms with Crippen LogP contribution in [0.5, 0.6) is 5.75 Å². The number of aliphatic imine (C=N–C) groups is 1. The predicted octanol–water partition coefficient (Wildman–Crippen LogP) is 4.45. The quantitative estimate of drug-likeness (QED) is 0.379. The zero-order valence-corrected chi connectivity index (χ0v) is 25.2. The summed E-state index contributed by atoms with van der Waals surface area (Å²) in [6.45, 7) is 7.36. The van der Waals surface area contributed by atoms with Crippen LogP contribution in [0.25, 0.3) is 28.0 Å². The third-order valence-corrected chi connectivity index (χ3v) is 8.10. The number of benzene rings is 2. The van der Waals surface area contributed by atoms with E-state index in [1.807, 2.05) is 41.3 Å². The van der Waals surface area contributed by atoms with Crippen LogP contribution in [0.15, 0.2) is 51.8 Å². The number of aryl methyl sites for hydroxylation is 1. The van der Waals surface area contributed by atoms with Gasteiger partial charge in [0.2, 0.25) is 5.91 Å². The summed E-state index contributed by atoms with van der Waals surface area (Å²) in [6, 6.07) is 11.2. The maximum Gasteiger partial charge on any atom is 0.258 e. The Labute approximate surface area is 241 Å². The highest BCUT2D eigenvalue weighted by Gasteiger charge is 2.23. The average Bonchev–Trinajstić information content (AvgIpc) is 3.08. The number of aromatic nitrogens is 1. The van der Waals surface area contributed by atoms with Gasteiger partial charge in [-0.15, -0.1) is 0 Å². The van der Waals surface area contributed by atoms with Crippen LogP contribution in [-0.4, -0.2) is 61.8 Å². The largest absolute Gasteiger partial charge is 0.496 e. The molecular weight excluding hydrogens is 540 g/mol. The van der Waals surface area contributed by atoms with E-state index in [2.05, 4.69) is 18.8 Å². The molecule has 1 aliphatic heterocycles. The zero-order valence-electron chi connectivity index (χ0n) is 24.4. The standard InChI is InChI=1S/C31H38N4O5S/c1-6-10-34(11-7-2)30(36)24-16-26-27(33-29(32)19-24)17-22(18-28(26)40-4)21-8-9-25-23(15-21)14-20(3)35(31(25)37)12-13-41(5,38)39/h8-9,14-18H,6-7,10-13,19H2,1-5H3,(H2,32,33). The van der Waals surface area contributed by atoms with Gasteiger partial charge in [0.15, 0.2) is 0 Å². The third-order valence-electron chi connectivity index (χ3n) is 7.18. The van der Waals surface area contributed by atoms with E-state index in [9.17, 15) is 18.0 Å². The maximum absolute atomic E-state index is 13.4. The second-order valence-corrected chi connectivity index (χ2v) is 12.8. The molecule has 1 aromatic heterocycles. The number of ether oxygens (including phenoxy) is 1. The maximum atomic E-state index is 13.4. The smallest absolute Gasteiger partial charge is 0.258 e. The lowest BCUT2D eigenvalue weighted by atomic mass is 9.97. The van der Waals surface area contributed by atoms with E-state index in [4.69, 9.17) is 10.5 Å². The van der Waals surface area contributed by atoms with E-state index in [0.717, 1.165) is 35.6 Å². The number of amidine groups is 1. The van der Waals surface area contributed by atoms with Gasteiger partial charge in [0.1, 0.15) is 21.4 Å². The number of rotatable bonds is 10. The first kappa shape index (κ1) is 30.0. The Kier molecular flexibility index (Phi) is 9.01. The summed E-state index contributed by atoms with van der Waals surface area (Å²) in [5.74, 6) is 0.760. The predicted molar refractivity (Wildman–Crippen MR) is 166 cm³/mol. The first-order chi connectivity index (χ1) is 19.4. The number of nitrogens with zero attached hydrogens (tertiary/aromatic N) is 3. The molecule has 0 aliphatic carbocycles. The molecule has 0 spiro atoms. The Morgan fingerprint density at radius 3 is 2.44 bits per heavy atom. The summed E-state index contributed by atoms with van der Waals surface area (Å²) in [4.78, 5) is 33.1. The molecule has 1 aliphatic rings. The minimum atomic E-state index is -3.21. The van der Waals surface area contributed by atoms with Gasteiger partial charge < -0.3 is 19.9 Å². The van der Waals surface area contributed by atoms with Crippen LogP contribution in [0, 0.1) is 6.92 Å². The molecule has 2 heterocycles. The fraction of sp³-hybridized carbons (Fsp3) is 0.387. The second kappa shape index (κ2) is 12.3. The number of fused-ring (bicyclic) bond motifs is 2. The highest BCUT2D eigenvalue weighted by Crippen LogP contribution is 2.39. The molecule has 0 saturated heterocycles. The van der Waals surface area contributed by atoms with Gasteiger partial charge in [-0.1, -0.05) is 19.9 Å². The molecule has 0 saturated carbocycles. The molecule has 0 fully saturated rings. The molecule has 3 aromatic rings. The molecule has 2 N–H and O–H groups in total. The third kappa shape index (κ3) is 6.70. The van der Waals surface area contributed by atoms with Crippen molar-refractivity contribution in [3.63, 3.8) is 0 Å². The Bertz CT molecular complexity index is 1710. The number of carbonyl (C=O) groups excluding carboxylic acids is 1. The van der Waals surface area contributed by atoms with Crippen molar-refractivity contribution in [2.75, 3.05) is 32.2 Å². The van der Waals surface area contributed by atoms with Gasteiger partial charge in [-0.3, -0.25) is 9.59 Å². The molecule has 2 aromatic carbocycles. The van der Waals surface area contributed by atoms with Gasteiger partial charge in [-0.05, 0) is 72.7 Å². The van der Waals surface area contributed by atoms with E-state index < -0.39 is 9.84 Å². The first-order valence-corrected chi connectivity index (χ1v) is 15.9. The number of pyridine rings is 1. The van der Waals surface area contributed by atoms with Crippen molar-refractivity contribution in [1.29, 1.82) is 0 Å². The summed E-state index contributed by atoms with van der Waals surface area (Å²) >= 11 is 0. The van der Waals surface area contributed by atoms with E-state index in [-0.39, 0.29) is 30.2 Å². The molecule has 218 valence electrons. The van der Waals surface area contributed by atoms with Gasteiger partial charge >= 0.3 is 0 Å². The van der Waals surface area contributed by atoms with Crippen LogP contribution in [0.4, 0.5) is 5.69 Å². The molecule has 10 heteroatoms. The normalized spacial score (nSPS) is 13.3. The lowest BCUT2D eigenvalue weighted by Gasteiger charge is -2.22. The van der Waals surface area contributed by atoms with E-state index in [0.29, 0.717) is 52.6 Å². The summed E-state index contributed by atoms with van der Waals surface area (Å²) in [6.07, 6.45) is 4.98. The van der Waals surface area contributed by atoms with Gasteiger partial charge in [-0.25, -0.2) is 13.4 Å².